The first-order valence-corrected chi connectivity index (χ1v) is 8.30. The molecule has 1 aliphatic carbocycles. The maximum absolute atomic E-state index is 5.79. The summed E-state index contributed by atoms with van der Waals surface area (Å²) in [5.74, 6) is 1.03. The molecule has 2 nitrogen and oxygen atoms in total. The van der Waals surface area contributed by atoms with Gasteiger partial charge in [0, 0.05) is 6.04 Å². The first kappa shape index (κ1) is 15.4. The molecular weight excluding hydrogens is 246 g/mol. The molecule has 0 bridgehead atoms. The standard InChI is InChI=1S/C18H29NO/c1-3-5-16(19-14-4-2)9-6-15-7-10-17(11-8-15)20-18-12-13-18/h7-8,10-11,16,18-19H,3-6,9,12-14H2,1-2H3. The zero-order valence-electron chi connectivity index (χ0n) is 13.0. The maximum atomic E-state index is 5.79. The van der Waals surface area contributed by atoms with E-state index in [4.69, 9.17) is 4.74 Å². The Morgan fingerprint density at radius 1 is 1.10 bits per heavy atom. The van der Waals surface area contributed by atoms with E-state index in [1.165, 1.54) is 44.1 Å². The summed E-state index contributed by atoms with van der Waals surface area (Å²) < 4.78 is 5.79. The summed E-state index contributed by atoms with van der Waals surface area (Å²) in [5, 5.41) is 3.66. The van der Waals surface area contributed by atoms with Crippen LogP contribution in [-0.2, 0) is 6.42 Å². The van der Waals surface area contributed by atoms with Crippen LogP contribution in [0.15, 0.2) is 24.3 Å². The molecule has 1 aromatic rings. The molecule has 0 amide bonds. The zero-order valence-corrected chi connectivity index (χ0v) is 13.0. The lowest BCUT2D eigenvalue weighted by atomic mass is 10.0. The second kappa shape index (κ2) is 8.31. The lowest BCUT2D eigenvalue weighted by molar-refractivity contribution is 0.303. The van der Waals surface area contributed by atoms with Crippen molar-refractivity contribution in [1.82, 2.24) is 5.32 Å². The highest BCUT2D eigenvalue weighted by Crippen LogP contribution is 2.26. The van der Waals surface area contributed by atoms with Gasteiger partial charge in [0.1, 0.15) is 5.75 Å². The van der Waals surface area contributed by atoms with E-state index in [9.17, 15) is 0 Å². The van der Waals surface area contributed by atoms with Crippen molar-refractivity contribution < 1.29 is 4.74 Å². The zero-order chi connectivity index (χ0) is 14.2. The van der Waals surface area contributed by atoms with Gasteiger partial charge in [-0.1, -0.05) is 32.4 Å². The Balaban J connectivity index is 1.75. The number of nitrogens with one attached hydrogen (secondary N) is 1. The minimum atomic E-state index is 0.494. The summed E-state index contributed by atoms with van der Waals surface area (Å²) in [6.07, 6.45) is 9.09. The van der Waals surface area contributed by atoms with Gasteiger partial charge in [-0.2, -0.15) is 0 Å². The molecule has 1 fully saturated rings. The molecule has 1 aromatic carbocycles. The van der Waals surface area contributed by atoms with E-state index in [1.54, 1.807) is 0 Å². The molecule has 1 aliphatic rings. The molecule has 0 saturated heterocycles. The SMILES string of the molecule is CCCNC(CCC)CCc1ccc(OC2CC2)cc1. The number of aryl methyl sites for hydroxylation is 1. The Kier molecular flexibility index (Phi) is 6.38. The molecule has 1 N–H and O–H groups in total. The van der Waals surface area contributed by atoms with Crippen LogP contribution in [-0.4, -0.2) is 18.7 Å². The summed E-state index contributed by atoms with van der Waals surface area (Å²) in [7, 11) is 0. The average Bonchev–Trinajstić information content (AvgIpc) is 3.27. The summed E-state index contributed by atoms with van der Waals surface area (Å²) in [6, 6.07) is 9.37. The van der Waals surface area contributed by atoms with E-state index < -0.39 is 0 Å². The van der Waals surface area contributed by atoms with Crippen LogP contribution in [0.4, 0.5) is 0 Å². The van der Waals surface area contributed by atoms with Crippen molar-refractivity contribution in [2.24, 2.45) is 0 Å². The first-order valence-electron chi connectivity index (χ1n) is 8.30. The van der Waals surface area contributed by atoms with Crippen LogP contribution in [0.2, 0.25) is 0 Å². The monoisotopic (exact) mass is 275 g/mol. The number of benzene rings is 1. The van der Waals surface area contributed by atoms with Gasteiger partial charge in [-0.15, -0.1) is 0 Å². The van der Waals surface area contributed by atoms with Gasteiger partial charge in [0.2, 0.25) is 0 Å². The fourth-order valence-corrected chi connectivity index (χ4v) is 2.50. The summed E-state index contributed by atoms with van der Waals surface area (Å²) in [5.41, 5.74) is 1.42. The summed E-state index contributed by atoms with van der Waals surface area (Å²) in [4.78, 5) is 0. The molecule has 1 atom stereocenters. The number of hydrogen-bond acceptors (Lipinski definition) is 2. The highest BCUT2D eigenvalue weighted by molar-refractivity contribution is 5.28. The molecule has 112 valence electrons. The molecule has 1 saturated carbocycles. The smallest absolute Gasteiger partial charge is 0.119 e. The molecule has 0 radical (unpaired) electrons. The Morgan fingerprint density at radius 2 is 1.85 bits per heavy atom. The van der Waals surface area contributed by atoms with E-state index in [0.29, 0.717) is 12.1 Å². The van der Waals surface area contributed by atoms with Crippen molar-refractivity contribution in [3.05, 3.63) is 29.8 Å². The van der Waals surface area contributed by atoms with Crippen LogP contribution in [0, 0.1) is 0 Å². The minimum Gasteiger partial charge on any atom is -0.490 e. The summed E-state index contributed by atoms with van der Waals surface area (Å²) >= 11 is 0. The maximum Gasteiger partial charge on any atom is 0.119 e. The van der Waals surface area contributed by atoms with E-state index in [0.717, 1.165) is 18.7 Å². The van der Waals surface area contributed by atoms with Crippen LogP contribution >= 0.6 is 0 Å². The third-order valence-electron chi connectivity index (χ3n) is 3.85. The van der Waals surface area contributed by atoms with Gasteiger partial charge in [-0.3, -0.25) is 0 Å². The van der Waals surface area contributed by atoms with Gasteiger partial charge in [0.05, 0.1) is 6.10 Å². The molecule has 1 unspecified atom stereocenters. The predicted octanol–water partition coefficient (Wildman–Crippen LogP) is 4.33. The average molecular weight is 275 g/mol. The second-order valence-electron chi connectivity index (χ2n) is 5.94. The van der Waals surface area contributed by atoms with Gasteiger partial charge >= 0.3 is 0 Å². The van der Waals surface area contributed by atoms with Crippen LogP contribution in [0.25, 0.3) is 0 Å². The van der Waals surface area contributed by atoms with Gasteiger partial charge < -0.3 is 10.1 Å². The lowest BCUT2D eigenvalue weighted by Gasteiger charge is -2.17. The van der Waals surface area contributed by atoms with E-state index in [2.05, 4.69) is 43.4 Å². The Bertz CT molecular complexity index is 370. The second-order valence-corrected chi connectivity index (χ2v) is 5.94. The molecule has 0 aliphatic heterocycles. The van der Waals surface area contributed by atoms with Crippen molar-refractivity contribution in [2.75, 3.05) is 6.54 Å². The van der Waals surface area contributed by atoms with Gasteiger partial charge in [-0.05, 0) is 62.8 Å². The number of hydrogen-bond donors (Lipinski definition) is 1. The fraction of sp³-hybridized carbons (Fsp3) is 0.667. The van der Waals surface area contributed by atoms with Crippen molar-refractivity contribution in [1.29, 1.82) is 0 Å². The van der Waals surface area contributed by atoms with Crippen molar-refractivity contribution in [3.8, 4) is 5.75 Å². The summed E-state index contributed by atoms with van der Waals surface area (Å²) in [6.45, 7) is 5.64. The largest absolute Gasteiger partial charge is 0.490 e. The van der Waals surface area contributed by atoms with Crippen LogP contribution in [0.5, 0.6) is 5.75 Å². The van der Waals surface area contributed by atoms with Gasteiger partial charge in [-0.25, -0.2) is 0 Å². The van der Waals surface area contributed by atoms with E-state index >= 15 is 0 Å². The molecule has 0 aromatic heterocycles. The minimum absolute atomic E-state index is 0.494. The molecule has 2 rings (SSSR count). The molecule has 0 spiro atoms. The normalized spacial score (nSPS) is 16.1. The molecule has 20 heavy (non-hydrogen) atoms. The lowest BCUT2D eigenvalue weighted by Crippen LogP contribution is -2.30. The van der Waals surface area contributed by atoms with E-state index in [-0.39, 0.29) is 0 Å². The molecule has 2 heteroatoms. The number of rotatable bonds is 10. The topological polar surface area (TPSA) is 21.3 Å². The first-order chi connectivity index (χ1) is 9.81. The molecule has 0 heterocycles. The third kappa shape index (κ3) is 5.54. The Morgan fingerprint density at radius 3 is 2.45 bits per heavy atom. The number of ether oxygens (including phenoxy) is 1. The van der Waals surface area contributed by atoms with Crippen LogP contribution < -0.4 is 10.1 Å². The highest BCUT2D eigenvalue weighted by Gasteiger charge is 2.23. The Labute approximate surface area is 123 Å². The van der Waals surface area contributed by atoms with Crippen molar-refractivity contribution in [2.45, 2.75) is 70.9 Å². The van der Waals surface area contributed by atoms with Gasteiger partial charge in [0.15, 0.2) is 0 Å². The van der Waals surface area contributed by atoms with Crippen LogP contribution in [0.1, 0.15) is 57.9 Å². The molecular formula is C18H29NO. The van der Waals surface area contributed by atoms with Crippen molar-refractivity contribution in [3.63, 3.8) is 0 Å². The fourth-order valence-electron chi connectivity index (χ4n) is 2.50. The predicted molar refractivity (Wildman–Crippen MR) is 85.4 cm³/mol. The van der Waals surface area contributed by atoms with Crippen molar-refractivity contribution >= 4 is 0 Å². The van der Waals surface area contributed by atoms with Crippen LogP contribution in [0.3, 0.4) is 0 Å². The van der Waals surface area contributed by atoms with Gasteiger partial charge in [0.25, 0.3) is 0 Å². The van der Waals surface area contributed by atoms with E-state index in [1.807, 2.05) is 0 Å². The highest BCUT2D eigenvalue weighted by atomic mass is 16.5. The third-order valence-corrected chi connectivity index (χ3v) is 3.85. The Hall–Kier alpha value is -1.02. The quantitative estimate of drug-likeness (QED) is 0.686.